The molecule has 0 saturated carbocycles. The highest BCUT2D eigenvalue weighted by molar-refractivity contribution is 14.0. The zero-order valence-corrected chi connectivity index (χ0v) is 17.2. The van der Waals surface area contributed by atoms with Gasteiger partial charge in [-0.05, 0) is 25.3 Å². The third kappa shape index (κ3) is 7.81. The Balaban J connectivity index is 0.00000288. The molecule has 0 aromatic heterocycles. The molecule has 1 heterocycles. The highest BCUT2D eigenvalue weighted by Crippen LogP contribution is 2.13. The summed E-state index contributed by atoms with van der Waals surface area (Å²) in [7, 11) is 1.71. The van der Waals surface area contributed by atoms with Crippen LogP contribution in [0.4, 0.5) is 0 Å². The van der Waals surface area contributed by atoms with E-state index in [4.69, 9.17) is 4.74 Å². The van der Waals surface area contributed by atoms with Crippen LogP contribution in [0.25, 0.3) is 0 Å². The lowest BCUT2D eigenvalue weighted by Crippen LogP contribution is -2.48. The van der Waals surface area contributed by atoms with Crippen molar-refractivity contribution in [1.82, 2.24) is 15.5 Å². The molecule has 6 heteroatoms. The van der Waals surface area contributed by atoms with Crippen LogP contribution < -0.4 is 10.6 Å². The number of hydrogen-bond acceptors (Lipinski definition) is 3. The Kier molecular flexibility index (Phi) is 11.0. The first-order chi connectivity index (χ1) is 11.3. The first-order valence-corrected chi connectivity index (χ1v) is 8.62. The van der Waals surface area contributed by atoms with E-state index < -0.39 is 0 Å². The Bertz CT molecular complexity index is 461. The number of benzene rings is 1. The second kappa shape index (κ2) is 12.5. The molecule has 2 N–H and O–H groups in total. The van der Waals surface area contributed by atoms with Crippen molar-refractivity contribution in [3.63, 3.8) is 0 Å². The molecule has 1 aromatic rings. The molecule has 24 heavy (non-hydrogen) atoms. The molecule has 0 spiro atoms. The van der Waals surface area contributed by atoms with E-state index in [1.54, 1.807) is 7.11 Å². The summed E-state index contributed by atoms with van der Waals surface area (Å²) in [5, 5.41) is 6.87. The van der Waals surface area contributed by atoms with Gasteiger partial charge in [0.25, 0.3) is 0 Å². The van der Waals surface area contributed by atoms with Gasteiger partial charge in [-0.15, -0.1) is 24.0 Å². The molecule has 0 bridgehead atoms. The summed E-state index contributed by atoms with van der Waals surface area (Å²) in [4.78, 5) is 7.07. The molecule has 1 aliphatic heterocycles. The van der Waals surface area contributed by atoms with E-state index in [-0.39, 0.29) is 24.0 Å². The van der Waals surface area contributed by atoms with Crippen molar-refractivity contribution in [1.29, 1.82) is 0 Å². The third-order valence-electron chi connectivity index (χ3n) is 4.09. The van der Waals surface area contributed by atoms with E-state index >= 15 is 0 Å². The summed E-state index contributed by atoms with van der Waals surface area (Å²) in [6, 6.07) is 11.2. The maximum absolute atomic E-state index is 5.06. The monoisotopic (exact) mass is 446 g/mol. The van der Waals surface area contributed by atoms with Gasteiger partial charge in [0.2, 0.25) is 0 Å². The number of guanidine groups is 1. The highest BCUT2D eigenvalue weighted by Gasteiger charge is 2.19. The number of nitrogens with one attached hydrogen (secondary N) is 2. The molecular formula is C18H31IN4O. The minimum absolute atomic E-state index is 0. The van der Waals surface area contributed by atoms with Crippen LogP contribution in [0.5, 0.6) is 0 Å². The largest absolute Gasteiger partial charge is 0.383 e. The number of methoxy groups -OCH3 is 1. The van der Waals surface area contributed by atoms with E-state index in [0.29, 0.717) is 19.2 Å². The number of aliphatic imine (C=N–C) groups is 1. The van der Waals surface area contributed by atoms with E-state index in [0.717, 1.165) is 45.0 Å². The van der Waals surface area contributed by atoms with Gasteiger partial charge in [0.15, 0.2) is 5.96 Å². The zero-order valence-electron chi connectivity index (χ0n) is 14.8. The van der Waals surface area contributed by atoms with Crippen molar-refractivity contribution >= 4 is 29.9 Å². The standard InChI is InChI=1S/C18H30N4O.HI/c1-3-19-18(20-11-14-23-2)21-17-9-12-22(13-10-17)15-16-7-5-4-6-8-16;/h4-8,17H,3,9-15H2,1-2H3,(H2,19,20,21);1H. The number of nitrogens with zero attached hydrogens (tertiary/aromatic N) is 2. The van der Waals surface area contributed by atoms with Gasteiger partial charge in [0, 0.05) is 39.3 Å². The van der Waals surface area contributed by atoms with Crippen LogP contribution in [0, 0.1) is 0 Å². The Hall–Kier alpha value is -0.860. The van der Waals surface area contributed by atoms with Gasteiger partial charge in [0.1, 0.15) is 0 Å². The number of likely N-dealkylation sites (tertiary alicyclic amines) is 1. The van der Waals surface area contributed by atoms with Gasteiger partial charge >= 0.3 is 0 Å². The average Bonchev–Trinajstić information content (AvgIpc) is 2.58. The van der Waals surface area contributed by atoms with Crippen LogP contribution in [-0.4, -0.2) is 56.8 Å². The van der Waals surface area contributed by atoms with Crippen LogP contribution in [-0.2, 0) is 11.3 Å². The first kappa shape index (κ1) is 21.2. The first-order valence-electron chi connectivity index (χ1n) is 8.62. The summed E-state index contributed by atoms with van der Waals surface area (Å²) >= 11 is 0. The van der Waals surface area contributed by atoms with Gasteiger partial charge in [-0.1, -0.05) is 30.3 Å². The van der Waals surface area contributed by atoms with Gasteiger partial charge in [0.05, 0.1) is 13.2 Å². The number of ether oxygens (including phenoxy) is 1. The predicted molar refractivity (Wildman–Crippen MR) is 111 cm³/mol. The Morgan fingerprint density at radius 3 is 2.58 bits per heavy atom. The number of rotatable bonds is 7. The molecule has 0 amide bonds. The average molecular weight is 446 g/mol. The van der Waals surface area contributed by atoms with Gasteiger partial charge < -0.3 is 15.4 Å². The molecule has 2 rings (SSSR count). The smallest absolute Gasteiger partial charge is 0.191 e. The third-order valence-corrected chi connectivity index (χ3v) is 4.09. The minimum atomic E-state index is 0. The zero-order chi connectivity index (χ0) is 16.3. The molecule has 0 radical (unpaired) electrons. The number of halogens is 1. The molecule has 0 aliphatic carbocycles. The summed E-state index contributed by atoms with van der Waals surface area (Å²) in [6.45, 7) is 7.63. The highest BCUT2D eigenvalue weighted by atomic mass is 127. The maximum atomic E-state index is 5.06. The SMILES string of the molecule is CCNC(=NCCOC)NC1CCN(Cc2ccccc2)CC1.I. The maximum Gasteiger partial charge on any atom is 0.191 e. The fourth-order valence-corrected chi connectivity index (χ4v) is 2.84. The summed E-state index contributed by atoms with van der Waals surface area (Å²) in [6.07, 6.45) is 2.31. The predicted octanol–water partition coefficient (Wildman–Crippen LogP) is 2.47. The van der Waals surface area contributed by atoms with Crippen LogP contribution in [0.3, 0.4) is 0 Å². The molecule has 1 aromatic carbocycles. The summed E-state index contributed by atoms with van der Waals surface area (Å²) in [5.74, 6) is 0.908. The summed E-state index contributed by atoms with van der Waals surface area (Å²) < 4.78 is 5.06. The Labute approximate surface area is 163 Å². The van der Waals surface area contributed by atoms with E-state index in [1.807, 2.05) is 0 Å². The van der Waals surface area contributed by atoms with Crippen LogP contribution in [0.1, 0.15) is 25.3 Å². The molecule has 1 aliphatic rings. The van der Waals surface area contributed by atoms with Crippen molar-refractivity contribution in [3.8, 4) is 0 Å². The molecular weight excluding hydrogens is 415 g/mol. The van der Waals surface area contributed by atoms with Gasteiger partial charge in [-0.2, -0.15) is 0 Å². The van der Waals surface area contributed by atoms with Crippen LogP contribution in [0.15, 0.2) is 35.3 Å². The molecule has 5 nitrogen and oxygen atoms in total. The van der Waals surface area contributed by atoms with Crippen molar-refractivity contribution in [2.45, 2.75) is 32.4 Å². The minimum Gasteiger partial charge on any atom is -0.383 e. The molecule has 1 saturated heterocycles. The fraction of sp³-hybridized carbons (Fsp3) is 0.611. The summed E-state index contributed by atoms with van der Waals surface area (Å²) in [5.41, 5.74) is 1.40. The van der Waals surface area contributed by atoms with E-state index in [9.17, 15) is 0 Å². The normalized spacial score (nSPS) is 16.5. The second-order valence-electron chi connectivity index (χ2n) is 5.93. The van der Waals surface area contributed by atoms with Crippen LogP contribution in [0.2, 0.25) is 0 Å². The number of piperidine rings is 1. The van der Waals surface area contributed by atoms with E-state index in [2.05, 4.69) is 57.8 Å². The lowest BCUT2D eigenvalue weighted by atomic mass is 10.0. The Morgan fingerprint density at radius 1 is 1.25 bits per heavy atom. The molecule has 136 valence electrons. The van der Waals surface area contributed by atoms with Crippen LogP contribution >= 0.6 is 24.0 Å². The van der Waals surface area contributed by atoms with Crippen molar-refractivity contribution in [3.05, 3.63) is 35.9 Å². The number of hydrogen-bond donors (Lipinski definition) is 2. The van der Waals surface area contributed by atoms with Gasteiger partial charge in [-0.25, -0.2) is 0 Å². The Morgan fingerprint density at radius 2 is 1.96 bits per heavy atom. The van der Waals surface area contributed by atoms with Crippen molar-refractivity contribution < 1.29 is 4.74 Å². The van der Waals surface area contributed by atoms with E-state index in [1.165, 1.54) is 5.56 Å². The lowest BCUT2D eigenvalue weighted by molar-refractivity contribution is 0.198. The lowest BCUT2D eigenvalue weighted by Gasteiger charge is -2.33. The fourth-order valence-electron chi connectivity index (χ4n) is 2.84. The second-order valence-corrected chi connectivity index (χ2v) is 5.93. The van der Waals surface area contributed by atoms with Crippen molar-refractivity contribution in [2.24, 2.45) is 4.99 Å². The topological polar surface area (TPSA) is 48.9 Å². The molecule has 1 fully saturated rings. The molecule has 0 atom stereocenters. The van der Waals surface area contributed by atoms with Gasteiger partial charge in [-0.3, -0.25) is 9.89 Å². The quantitative estimate of drug-likeness (QED) is 0.293. The van der Waals surface area contributed by atoms with Crippen molar-refractivity contribution in [2.75, 3.05) is 39.9 Å². The molecule has 0 unspecified atom stereocenters.